The predicted octanol–water partition coefficient (Wildman–Crippen LogP) is 4.94. The summed E-state index contributed by atoms with van der Waals surface area (Å²) in [5.41, 5.74) is 1.77. The van der Waals surface area contributed by atoms with E-state index in [-0.39, 0.29) is 0 Å². The van der Waals surface area contributed by atoms with Crippen LogP contribution in [0.15, 0.2) is 57.5 Å². The van der Waals surface area contributed by atoms with Gasteiger partial charge in [-0.15, -0.1) is 11.3 Å². The Kier molecular flexibility index (Phi) is 5.96. The van der Waals surface area contributed by atoms with Crippen LogP contribution in [0.2, 0.25) is 0 Å². The third kappa shape index (κ3) is 4.30. The molecule has 2 fully saturated rings. The number of pyridine rings is 1. The summed E-state index contributed by atoms with van der Waals surface area (Å²) in [5, 5.41) is 17.5. The number of aromatic nitrogens is 1. The lowest BCUT2D eigenvalue weighted by atomic mass is 9.85. The van der Waals surface area contributed by atoms with Crippen LogP contribution >= 0.6 is 11.3 Å². The molecule has 0 aliphatic carbocycles. The molecule has 6 rings (SSSR count). The third-order valence-corrected chi connectivity index (χ3v) is 8.70. The summed E-state index contributed by atoms with van der Waals surface area (Å²) in [6.45, 7) is 5.04. The van der Waals surface area contributed by atoms with Crippen LogP contribution in [-0.2, 0) is 0 Å². The number of likely N-dealkylation sites (tertiary alicyclic amines) is 2. The minimum Gasteiger partial charge on any atom is -0.492 e. The maximum Gasteiger partial charge on any atom is 0.155 e. The molecule has 0 saturated carbocycles. The summed E-state index contributed by atoms with van der Waals surface area (Å²) >= 11 is 1.66. The lowest BCUT2D eigenvalue weighted by Gasteiger charge is -2.43. The monoisotopic (exact) mass is 490 g/mol. The van der Waals surface area contributed by atoms with Gasteiger partial charge in [0.25, 0.3) is 0 Å². The number of fused-ring (bicyclic) bond motifs is 2. The first-order valence-corrected chi connectivity index (χ1v) is 13.2. The van der Waals surface area contributed by atoms with E-state index in [1.807, 2.05) is 41.9 Å². The Morgan fingerprint density at radius 3 is 2.83 bits per heavy atom. The highest BCUT2D eigenvalue weighted by Crippen LogP contribution is 2.37. The second-order valence-corrected chi connectivity index (χ2v) is 10.7. The lowest BCUT2D eigenvalue weighted by molar-refractivity contribution is 0.0641. The van der Waals surface area contributed by atoms with Gasteiger partial charge in [-0.1, -0.05) is 5.16 Å². The molecule has 35 heavy (non-hydrogen) atoms. The summed E-state index contributed by atoms with van der Waals surface area (Å²) < 4.78 is 13.3. The zero-order valence-electron chi connectivity index (χ0n) is 19.9. The maximum absolute atomic E-state index is 9.70. The molecule has 1 aromatic carbocycles. The van der Waals surface area contributed by atoms with Gasteiger partial charge in [-0.05, 0) is 75.0 Å². The van der Waals surface area contributed by atoms with Gasteiger partial charge in [0.2, 0.25) is 0 Å². The summed E-state index contributed by atoms with van der Waals surface area (Å²) in [4.78, 5) is 9.60. The molecule has 2 aliphatic rings. The van der Waals surface area contributed by atoms with Gasteiger partial charge in [-0.2, -0.15) is 0 Å². The van der Waals surface area contributed by atoms with Crippen molar-refractivity contribution in [1.29, 1.82) is 0 Å². The molecule has 2 aliphatic heterocycles. The standard InChI is InChI=1S/C27H30N4O3S/c1-30-9-2-6-27(30)7-10-31(11-8-27)12-13-33-20-3-4-24-21(15-20)22(29-32)16-25(34-24)23-17-26-19(18-28-23)5-14-35-26/h3-5,14-18,32H,2,6-13H2,1H3/b29-22+. The van der Waals surface area contributed by atoms with E-state index in [1.165, 1.54) is 32.2 Å². The highest BCUT2D eigenvalue weighted by Gasteiger charge is 2.40. The fourth-order valence-electron chi connectivity index (χ4n) is 5.63. The van der Waals surface area contributed by atoms with Crippen molar-refractivity contribution < 1.29 is 14.4 Å². The highest BCUT2D eigenvalue weighted by molar-refractivity contribution is 7.17. The topological polar surface area (TPSA) is 74.3 Å². The van der Waals surface area contributed by atoms with Crippen LogP contribution < -0.4 is 10.1 Å². The fraction of sp³-hybridized carbons (Fsp3) is 0.407. The zero-order chi connectivity index (χ0) is 23.8. The first-order valence-electron chi connectivity index (χ1n) is 12.3. The Morgan fingerprint density at radius 2 is 2.03 bits per heavy atom. The number of rotatable bonds is 5. The van der Waals surface area contributed by atoms with Gasteiger partial charge in [0.15, 0.2) is 5.76 Å². The molecule has 0 atom stereocenters. The van der Waals surface area contributed by atoms with Crippen LogP contribution in [0.3, 0.4) is 0 Å². The van der Waals surface area contributed by atoms with Crippen LogP contribution in [0.1, 0.15) is 25.7 Å². The van der Waals surface area contributed by atoms with Crippen LogP contribution in [0.25, 0.3) is 32.5 Å². The van der Waals surface area contributed by atoms with Gasteiger partial charge >= 0.3 is 0 Å². The summed E-state index contributed by atoms with van der Waals surface area (Å²) in [5.74, 6) is 1.30. The Bertz CT molecular complexity index is 1420. The molecule has 3 aromatic heterocycles. The van der Waals surface area contributed by atoms with Crippen molar-refractivity contribution in [2.75, 3.05) is 39.8 Å². The molecule has 0 bridgehead atoms. The van der Waals surface area contributed by atoms with Gasteiger partial charge in [-0.3, -0.25) is 9.88 Å². The number of nitrogens with zero attached hydrogens (tertiary/aromatic N) is 4. The van der Waals surface area contributed by atoms with Crippen LogP contribution in [0, 0.1) is 0 Å². The first kappa shape index (κ1) is 22.5. The van der Waals surface area contributed by atoms with Gasteiger partial charge < -0.3 is 19.3 Å². The average Bonchev–Trinajstić information content (AvgIpc) is 3.50. The molecule has 5 heterocycles. The van der Waals surface area contributed by atoms with Crippen LogP contribution in [-0.4, -0.2) is 65.4 Å². The number of ether oxygens (including phenoxy) is 1. The quantitative estimate of drug-likeness (QED) is 0.316. The van der Waals surface area contributed by atoms with E-state index in [2.05, 4.69) is 27.0 Å². The fourth-order valence-corrected chi connectivity index (χ4v) is 6.43. The number of benzene rings is 1. The Balaban J connectivity index is 1.14. The van der Waals surface area contributed by atoms with E-state index in [0.717, 1.165) is 35.5 Å². The molecule has 8 heteroatoms. The zero-order valence-corrected chi connectivity index (χ0v) is 20.8. The van der Waals surface area contributed by atoms with Gasteiger partial charge in [-0.25, -0.2) is 0 Å². The van der Waals surface area contributed by atoms with Crippen molar-refractivity contribution in [2.24, 2.45) is 5.16 Å². The molecular weight excluding hydrogens is 460 g/mol. The molecule has 0 radical (unpaired) electrons. The summed E-state index contributed by atoms with van der Waals surface area (Å²) in [7, 11) is 2.28. The van der Waals surface area contributed by atoms with Crippen molar-refractivity contribution in [3.8, 4) is 17.2 Å². The Morgan fingerprint density at radius 1 is 1.14 bits per heavy atom. The number of thiophene rings is 1. The van der Waals surface area contributed by atoms with Crippen LogP contribution in [0.4, 0.5) is 0 Å². The molecule has 1 spiro atoms. The molecule has 4 aromatic rings. The SMILES string of the molecule is CN1CCCC12CCN(CCOc1ccc3oc(-c4cc5sccc5cn4)c/c(=N\O)c3c1)CC2. The largest absolute Gasteiger partial charge is 0.492 e. The highest BCUT2D eigenvalue weighted by atomic mass is 32.1. The number of hydrogen-bond acceptors (Lipinski definition) is 8. The van der Waals surface area contributed by atoms with Gasteiger partial charge in [0.05, 0.1) is 5.39 Å². The average molecular weight is 491 g/mol. The smallest absolute Gasteiger partial charge is 0.155 e. The van der Waals surface area contributed by atoms with Gasteiger partial charge in [0.1, 0.15) is 29.0 Å². The van der Waals surface area contributed by atoms with E-state index in [0.29, 0.717) is 39.9 Å². The molecule has 1 N–H and O–H groups in total. The lowest BCUT2D eigenvalue weighted by Crippen LogP contribution is -2.51. The molecular formula is C27H30N4O3S. The second-order valence-electron chi connectivity index (χ2n) is 9.72. The van der Waals surface area contributed by atoms with Crippen molar-refractivity contribution in [1.82, 2.24) is 14.8 Å². The number of piperidine rings is 1. The van der Waals surface area contributed by atoms with Gasteiger partial charge in [0, 0.05) is 47.5 Å². The minimum atomic E-state index is 0.432. The maximum atomic E-state index is 9.70. The predicted molar refractivity (Wildman–Crippen MR) is 138 cm³/mol. The summed E-state index contributed by atoms with van der Waals surface area (Å²) in [6, 6.07) is 11.4. The molecule has 182 valence electrons. The molecule has 2 saturated heterocycles. The van der Waals surface area contributed by atoms with E-state index in [9.17, 15) is 5.21 Å². The normalized spacial score (nSPS) is 19.3. The Labute approximate surface area is 208 Å². The third-order valence-electron chi connectivity index (χ3n) is 7.82. The van der Waals surface area contributed by atoms with E-state index >= 15 is 0 Å². The first-order chi connectivity index (χ1) is 17.1. The Hall–Kier alpha value is -2.94. The van der Waals surface area contributed by atoms with Crippen molar-refractivity contribution in [3.05, 3.63) is 53.3 Å². The van der Waals surface area contributed by atoms with E-state index < -0.39 is 0 Å². The van der Waals surface area contributed by atoms with E-state index in [4.69, 9.17) is 9.15 Å². The minimum absolute atomic E-state index is 0.432. The molecule has 0 unspecified atom stereocenters. The van der Waals surface area contributed by atoms with Crippen molar-refractivity contribution >= 4 is 32.4 Å². The molecule has 0 amide bonds. The molecule has 7 nitrogen and oxygen atoms in total. The van der Waals surface area contributed by atoms with Crippen molar-refractivity contribution in [2.45, 2.75) is 31.2 Å². The number of hydrogen-bond donors (Lipinski definition) is 1. The summed E-state index contributed by atoms with van der Waals surface area (Å²) in [6.07, 6.45) is 7.01. The van der Waals surface area contributed by atoms with E-state index in [1.54, 1.807) is 17.4 Å². The second kappa shape index (κ2) is 9.26. The van der Waals surface area contributed by atoms with Crippen LogP contribution in [0.5, 0.6) is 5.75 Å². The van der Waals surface area contributed by atoms with Crippen molar-refractivity contribution in [3.63, 3.8) is 0 Å².